The van der Waals surface area contributed by atoms with E-state index in [1.807, 2.05) is 6.07 Å². The molecule has 3 heteroatoms. The zero-order valence-corrected chi connectivity index (χ0v) is 9.89. The summed E-state index contributed by atoms with van der Waals surface area (Å²) in [6, 6.07) is 6.55. The average Bonchev–Trinajstić information content (AvgIpc) is 2.98. The third-order valence-corrected chi connectivity index (χ3v) is 3.99. The number of anilines is 1. The first-order valence-electron chi connectivity index (χ1n) is 5.73. The molecule has 0 aliphatic heterocycles. The summed E-state index contributed by atoms with van der Waals surface area (Å²) in [4.78, 5) is 0. The highest BCUT2D eigenvalue weighted by molar-refractivity contribution is 5.47. The van der Waals surface area contributed by atoms with Gasteiger partial charge in [0.05, 0.1) is 5.54 Å². The second kappa shape index (κ2) is 3.74. The molecule has 0 bridgehead atoms. The average molecular weight is 222 g/mol. The van der Waals surface area contributed by atoms with E-state index >= 15 is 0 Å². The van der Waals surface area contributed by atoms with Crippen LogP contribution in [0.1, 0.15) is 26.7 Å². The molecule has 0 spiro atoms. The smallest absolute Gasteiger partial charge is 0.125 e. The molecule has 0 saturated heterocycles. The fourth-order valence-electron chi connectivity index (χ4n) is 2.07. The fraction of sp³-hybridized carbons (Fsp3) is 0.538. The Bertz CT molecular complexity index is 387. The number of hydrogen-bond donors (Lipinski definition) is 2. The minimum absolute atomic E-state index is 0.152. The topological polar surface area (TPSA) is 38.0 Å². The second-order valence-electron chi connectivity index (χ2n) is 5.23. The molecular weight excluding hydrogens is 203 g/mol. The lowest BCUT2D eigenvalue weighted by Crippen LogP contribution is -2.49. The molecule has 1 fully saturated rings. The van der Waals surface area contributed by atoms with Crippen molar-refractivity contribution in [3.63, 3.8) is 0 Å². The third kappa shape index (κ3) is 1.92. The van der Waals surface area contributed by atoms with E-state index in [0.29, 0.717) is 6.54 Å². The van der Waals surface area contributed by atoms with E-state index in [9.17, 15) is 4.39 Å². The lowest BCUT2D eigenvalue weighted by atomic mass is 9.83. The van der Waals surface area contributed by atoms with Crippen molar-refractivity contribution in [3.8, 4) is 0 Å². The van der Waals surface area contributed by atoms with Gasteiger partial charge in [0.15, 0.2) is 0 Å². The first kappa shape index (κ1) is 11.4. The van der Waals surface area contributed by atoms with Crippen LogP contribution in [0.4, 0.5) is 10.1 Å². The molecule has 1 aliphatic rings. The van der Waals surface area contributed by atoms with E-state index in [2.05, 4.69) is 19.2 Å². The van der Waals surface area contributed by atoms with Gasteiger partial charge in [-0.05, 0) is 43.4 Å². The summed E-state index contributed by atoms with van der Waals surface area (Å²) < 4.78 is 13.1. The van der Waals surface area contributed by atoms with Crippen molar-refractivity contribution in [1.82, 2.24) is 0 Å². The Kier molecular flexibility index (Phi) is 2.66. The van der Waals surface area contributed by atoms with Crippen LogP contribution in [0.2, 0.25) is 0 Å². The van der Waals surface area contributed by atoms with Gasteiger partial charge in [-0.15, -0.1) is 0 Å². The van der Waals surface area contributed by atoms with Crippen LogP contribution in [0.3, 0.4) is 0 Å². The third-order valence-electron chi connectivity index (χ3n) is 3.99. The zero-order valence-electron chi connectivity index (χ0n) is 9.89. The first-order chi connectivity index (χ1) is 7.49. The highest BCUT2D eigenvalue weighted by Crippen LogP contribution is 2.54. The van der Waals surface area contributed by atoms with Gasteiger partial charge in [-0.3, -0.25) is 0 Å². The highest BCUT2D eigenvalue weighted by Gasteiger charge is 2.52. The maximum Gasteiger partial charge on any atom is 0.125 e. The van der Waals surface area contributed by atoms with Crippen molar-refractivity contribution in [2.75, 3.05) is 11.9 Å². The Hall–Kier alpha value is -1.09. The van der Waals surface area contributed by atoms with Crippen LogP contribution >= 0.6 is 0 Å². The van der Waals surface area contributed by atoms with Gasteiger partial charge < -0.3 is 11.1 Å². The van der Waals surface area contributed by atoms with Gasteiger partial charge in [-0.1, -0.05) is 13.0 Å². The predicted octanol–water partition coefficient (Wildman–Crippen LogP) is 2.76. The van der Waals surface area contributed by atoms with Crippen LogP contribution in [-0.2, 0) is 0 Å². The van der Waals surface area contributed by atoms with Crippen LogP contribution in [0.5, 0.6) is 0 Å². The Morgan fingerprint density at radius 2 is 2.19 bits per heavy atom. The summed E-state index contributed by atoms with van der Waals surface area (Å²) in [5.74, 6) is -0.217. The lowest BCUT2D eigenvalue weighted by Gasteiger charge is -2.37. The van der Waals surface area contributed by atoms with Gasteiger partial charge in [0, 0.05) is 12.2 Å². The largest absolute Gasteiger partial charge is 0.378 e. The van der Waals surface area contributed by atoms with Gasteiger partial charge in [-0.25, -0.2) is 4.39 Å². The van der Waals surface area contributed by atoms with Crippen LogP contribution in [0, 0.1) is 11.2 Å². The number of hydrogen-bond acceptors (Lipinski definition) is 2. The Balaban J connectivity index is 2.19. The Labute approximate surface area is 96.0 Å². The van der Waals surface area contributed by atoms with E-state index in [0.717, 1.165) is 5.69 Å². The molecule has 0 radical (unpaired) electrons. The maximum atomic E-state index is 13.1. The number of nitrogens with one attached hydrogen (secondary N) is 1. The summed E-state index contributed by atoms with van der Waals surface area (Å²) in [6.07, 6.45) is 2.37. The summed E-state index contributed by atoms with van der Waals surface area (Å²) >= 11 is 0. The Morgan fingerprint density at radius 3 is 2.69 bits per heavy atom. The van der Waals surface area contributed by atoms with Crippen molar-refractivity contribution < 1.29 is 4.39 Å². The molecule has 1 unspecified atom stereocenters. The van der Waals surface area contributed by atoms with Crippen LogP contribution in [0.15, 0.2) is 24.3 Å². The van der Waals surface area contributed by atoms with Crippen molar-refractivity contribution in [2.24, 2.45) is 11.1 Å². The molecule has 0 aromatic heterocycles. The molecule has 1 atom stereocenters. The number of rotatable bonds is 4. The van der Waals surface area contributed by atoms with E-state index < -0.39 is 0 Å². The molecule has 2 rings (SSSR count). The van der Waals surface area contributed by atoms with E-state index in [4.69, 9.17) is 5.73 Å². The Morgan fingerprint density at radius 1 is 1.50 bits per heavy atom. The molecule has 0 heterocycles. The maximum absolute atomic E-state index is 13.1. The summed E-state index contributed by atoms with van der Waals surface area (Å²) in [5.41, 5.74) is 6.76. The molecule has 88 valence electrons. The number of halogens is 1. The van der Waals surface area contributed by atoms with E-state index in [-0.39, 0.29) is 16.8 Å². The minimum atomic E-state index is -0.217. The van der Waals surface area contributed by atoms with Crippen molar-refractivity contribution in [3.05, 3.63) is 30.1 Å². The minimum Gasteiger partial charge on any atom is -0.378 e. The predicted molar refractivity (Wildman–Crippen MR) is 64.8 cm³/mol. The summed E-state index contributed by atoms with van der Waals surface area (Å²) in [6.45, 7) is 4.90. The van der Waals surface area contributed by atoms with E-state index in [1.54, 1.807) is 6.07 Å². The SMILES string of the molecule is CC1(C(C)(CN)Nc2cccc(F)c2)CC1. The summed E-state index contributed by atoms with van der Waals surface area (Å²) in [7, 11) is 0. The molecule has 1 aromatic carbocycles. The molecule has 1 aromatic rings. The summed E-state index contributed by atoms with van der Waals surface area (Å²) in [5, 5.41) is 3.38. The molecule has 1 saturated carbocycles. The van der Waals surface area contributed by atoms with Crippen molar-refractivity contribution in [2.45, 2.75) is 32.2 Å². The fourth-order valence-corrected chi connectivity index (χ4v) is 2.07. The molecule has 1 aliphatic carbocycles. The standard InChI is InChI=1S/C13H19FN2/c1-12(6-7-12)13(2,9-15)16-11-5-3-4-10(14)8-11/h3-5,8,16H,6-7,9,15H2,1-2H3. The molecular formula is C13H19FN2. The van der Waals surface area contributed by atoms with Gasteiger partial charge in [0.2, 0.25) is 0 Å². The van der Waals surface area contributed by atoms with E-state index in [1.165, 1.54) is 25.0 Å². The molecule has 0 amide bonds. The van der Waals surface area contributed by atoms with Crippen molar-refractivity contribution in [1.29, 1.82) is 0 Å². The zero-order chi connectivity index (χ0) is 11.8. The monoisotopic (exact) mass is 222 g/mol. The van der Waals surface area contributed by atoms with Gasteiger partial charge in [0.1, 0.15) is 5.82 Å². The first-order valence-corrected chi connectivity index (χ1v) is 5.73. The second-order valence-corrected chi connectivity index (χ2v) is 5.23. The molecule has 16 heavy (non-hydrogen) atoms. The van der Waals surface area contributed by atoms with Crippen LogP contribution < -0.4 is 11.1 Å². The van der Waals surface area contributed by atoms with Gasteiger partial charge in [-0.2, -0.15) is 0 Å². The number of nitrogens with two attached hydrogens (primary N) is 1. The quantitative estimate of drug-likeness (QED) is 0.822. The normalized spacial score (nSPS) is 21.2. The number of benzene rings is 1. The molecule has 3 N–H and O–H groups in total. The molecule has 2 nitrogen and oxygen atoms in total. The van der Waals surface area contributed by atoms with Crippen LogP contribution in [0.25, 0.3) is 0 Å². The van der Waals surface area contributed by atoms with Gasteiger partial charge >= 0.3 is 0 Å². The lowest BCUT2D eigenvalue weighted by molar-refractivity contribution is 0.333. The highest BCUT2D eigenvalue weighted by atomic mass is 19.1. The van der Waals surface area contributed by atoms with Crippen LogP contribution in [-0.4, -0.2) is 12.1 Å². The van der Waals surface area contributed by atoms with Crippen molar-refractivity contribution >= 4 is 5.69 Å². The van der Waals surface area contributed by atoms with Gasteiger partial charge in [0.25, 0.3) is 0 Å².